The van der Waals surface area contributed by atoms with E-state index in [0.29, 0.717) is 10.6 Å². The van der Waals surface area contributed by atoms with Crippen molar-refractivity contribution in [1.29, 1.82) is 0 Å². The summed E-state index contributed by atoms with van der Waals surface area (Å²) >= 11 is 6.05. The molecule has 0 aliphatic carbocycles. The molecule has 0 saturated carbocycles. The average Bonchev–Trinajstić information content (AvgIpc) is 2.90. The molecule has 4 rings (SSSR count). The maximum Gasteiger partial charge on any atom is 0.151 e. The number of halogens is 1. The summed E-state index contributed by atoms with van der Waals surface area (Å²) < 4.78 is 2.16. The normalized spacial score (nSPS) is 11.1. The summed E-state index contributed by atoms with van der Waals surface area (Å²) in [5.41, 5.74) is 3.66. The number of carbonyl (C=O) groups is 1. The summed E-state index contributed by atoms with van der Waals surface area (Å²) in [5, 5.41) is 2.86. The third kappa shape index (κ3) is 1.85. The molecule has 0 saturated heterocycles. The van der Waals surface area contributed by atoms with Gasteiger partial charge in [0.2, 0.25) is 0 Å². The average molecular weight is 306 g/mol. The standard InChI is InChI=1S/C19H12ClNO/c20-17-10-9-14(11-13(17)12-22)21-18-7-3-1-5-15(18)16-6-2-4-8-19(16)21/h1-12H. The number of para-hydroxylation sites is 2. The van der Waals surface area contributed by atoms with Crippen molar-refractivity contribution in [2.75, 3.05) is 0 Å². The van der Waals surface area contributed by atoms with Crippen LogP contribution in [0.2, 0.25) is 5.02 Å². The van der Waals surface area contributed by atoms with Crippen LogP contribution in [0.15, 0.2) is 66.7 Å². The Morgan fingerprint density at radius 2 is 1.41 bits per heavy atom. The fourth-order valence-corrected chi connectivity index (χ4v) is 3.12. The highest BCUT2D eigenvalue weighted by molar-refractivity contribution is 6.33. The Kier molecular flexibility index (Phi) is 2.98. The maximum atomic E-state index is 11.2. The van der Waals surface area contributed by atoms with Crippen LogP contribution in [0.4, 0.5) is 0 Å². The van der Waals surface area contributed by atoms with Gasteiger partial charge in [0.1, 0.15) is 0 Å². The van der Waals surface area contributed by atoms with Gasteiger partial charge in [-0.05, 0) is 30.3 Å². The lowest BCUT2D eigenvalue weighted by Gasteiger charge is -2.09. The Morgan fingerprint density at radius 3 is 2.00 bits per heavy atom. The first-order valence-electron chi connectivity index (χ1n) is 7.03. The van der Waals surface area contributed by atoms with Gasteiger partial charge in [0.15, 0.2) is 6.29 Å². The number of benzene rings is 3. The summed E-state index contributed by atoms with van der Waals surface area (Å²) in [6.07, 6.45) is 0.791. The van der Waals surface area contributed by atoms with Crippen LogP contribution in [0.25, 0.3) is 27.5 Å². The fraction of sp³-hybridized carbons (Fsp3) is 0. The van der Waals surface area contributed by atoms with E-state index in [1.807, 2.05) is 36.4 Å². The number of rotatable bonds is 2. The molecule has 0 aliphatic heterocycles. The molecular formula is C19H12ClNO. The monoisotopic (exact) mass is 305 g/mol. The zero-order chi connectivity index (χ0) is 15.1. The zero-order valence-electron chi connectivity index (χ0n) is 11.7. The number of aromatic nitrogens is 1. The fourth-order valence-electron chi connectivity index (χ4n) is 2.96. The summed E-state index contributed by atoms with van der Waals surface area (Å²) in [6, 6.07) is 22.1. The molecule has 0 N–H and O–H groups in total. The number of aldehydes is 1. The molecule has 3 aromatic carbocycles. The molecule has 3 heteroatoms. The van der Waals surface area contributed by atoms with Crippen LogP contribution in [-0.2, 0) is 0 Å². The van der Waals surface area contributed by atoms with Gasteiger partial charge >= 0.3 is 0 Å². The number of carbonyl (C=O) groups excluding carboxylic acids is 1. The Bertz CT molecular complexity index is 963. The quantitative estimate of drug-likeness (QED) is 0.464. The molecule has 0 radical (unpaired) electrons. The predicted molar refractivity (Wildman–Crippen MR) is 91.2 cm³/mol. The van der Waals surface area contributed by atoms with Crippen molar-refractivity contribution < 1.29 is 4.79 Å². The minimum atomic E-state index is 0.472. The van der Waals surface area contributed by atoms with E-state index in [-0.39, 0.29) is 0 Å². The third-order valence-electron chi connectivity index (χ3n) is 3.94. The van der Waals surface area contributed by atoms with E-state index in [2.05, 4.69) is 28.8 Å². The molecule has 2 nitrogen and oxygen atoms in total. The van der Waals surface area contributed by atoms with Crippen molar-refractivity contribution in [2.45, 2.75) is 0 Å². The van der Waals surface area contributed by atoms with Gasteiger partial charge < -0.3 is 4.57 Å². The Morgan fingerprint density at radius 1 is 0.818 bits per heavy atom. The molecule has 106 valence electrons. The molecule has 0 bridgehead atoms. The van der Waals surface area contributed by atoms with Crippen molar-refractivity contribution >= 4 is 39.7 Å². The van der Waals surface area contributed by atoms with Crippen LogP contribution in [0.1, 0.15) is 10.4 Å². The number of hydrogen-bond donors (Lipinski definition) is 0. The van der Waals surface area contributed by atoms with E-state index in [1.165, 1.54) is 10.8 Å². The van der Waals surface area contributed by atoms with Crippen molar-refractivity contribution in [3.8, 4) is 5.69 Å². The van der Waals surface area contributed by atoms with E-state index >= 15 is 0 Å². The molecule has 0 fully saturated rings. The topological polar surface area (TPSA) is 22.0 Å². The zero-order valence-corrected chi connectivity index (χ0v) is 12.4. The largest absolute Gasteiger partial charge is 0.309 e. The van der Waals surface area contributed by atoms with Gasteiger partial charge in [0.25, 0.3) is 0 Å². The molecular weight excluding hydrogens is 294 g/mol. The minimum Gasteiger partial charge on any atom is -0.309 e. The first-order chi connectivity index (χ1) is 10.8. The SMILES string of the molecule is O=Cc1cc(-n2c3ccccc3c3ccccc32)ccc1Cl. The van der Waals surface area contributed by atoms with Gasteiger partial charge in [-0.15, -0.1) is 0 Å². The van der Waals surface area contributed by atoms with Gasteiger partial charge in [-0.2, -0.15) is 0 Å². The first-order valence-corrected chi connectivity index (χ1v) is 7.40. The lowest BCUT2D eigenvalue weighted by molar-refractivity contribution is 0.112. The smallest absolute Gasteiger partial charge is 0.151 e. The molecule has 1 aromatic heterocycles. The first kappa shape index (κ1) is 13.1. The highest BCUT2D eigenvalue weighted by Gasteiger charge is 2.12. The molecule has 4 aromatic rings. The van der Waals surface area contributed by atoms with E-state index in [9.17, 15) is 4.79 Å². The van der Waals surface area contributed by atoms with Crippen LogP contribution in [0.5, 0.6) is 0 Å². The third-order valence-corrected chi connectivity index (χ3v) is 4.29. The van der Waals surface area contributed by atoms with E-state index in [1.54, 1.807) is 6.07 Å². The van der Waals surface area contributed by atoms with E-state index < -0.39 is 0 Å². The lowest BCUT2D eigenvalue weighted by Crippen LogP contribution is -1.95. The van der Waals surface area contributed by atoms with Crippen LogP contribution < -0.4 is 0 Å². The van der Waals surface area contributed by atoms with Gasteiger partial charge in [0, 0.05) is 22.0 Å². The lowest BCUT2D eigenvalue weighted by atomic mass is 10.2. The predicted octanol–water partition coefficient (Wildman–Crippen LogP) is 5.25. The van der Waals surface area contributed by atoms with Gasteiger partial charge in [-0.1, -0.05) is 48.0 Å². The summed E-state index contributed by atoms with van der Waals surface area (Å²) in [7, 11) is 0. The number of fused-ring (bicyclic) bond motifs is 3. The Labute approximate surface area is 132 Å². The van der Waals surface area contributed by atoms with Crippen molar-refractivity contribution in [3.05, 3.63) is 77.3 Å². The van der Waals surface area contributed by atoms with E-state index in [4.69, 9.17) is 11.6 Å². The molecule has 0 aliphatic rings. The van der Waals surface area contributed by atoms with Crippen LogP contribution in [-0.4, -0.2) is 10.9 Å². The van der Waals surface area contributed by atoms with Crippen LogP contribution in [0, 0.1) is 0 Å². The number of nitrogens with zero attached hydrogens (tertiary/aromatic N) is 1. The molecule has 0 spiro atoms. The highest BCUT2D eigenvalue weighted by atomic mass is 35.5. The van der Waals surface area contributed by atoms with Gasteiger partial charge in [0.05, 0.1) is 16.1 Å². The number of hydrogen-bond acceptors (Lipinski definition) is 1. The molecule has 0 atom stereocenters. The highest BCUT2D eigenvalue weighted by Crippen LogP contribution is 2.32. The molecule has 0 amide bonds. The minimum absolute atomic E-state index is 0.472. The molecule has 0 unspecified atom stereocenters. The Hall–Kier alpha value is -2.58. The summed E-state index contributed by atoms with van der Waals surface area (Å²) in [5.74, 6) is 0. The van der Waals surface area contributed by atoms with Crippen LogP contribution >= 0.6 is 11.6 Å². The second-order valence-corrected chi connectivity index (χ2v) is 5.60. The van der Waals surface area contributed by atoms with Crippen molar-refractivity contribution in [2.24, 2.45) is 0 Å². The molecule has 22 heavy (non-hydrogen) atoms. The summed E-state index contributed by atoms with van der Waals surface area (Å²) in [6.45, 7) is 0. The van der Waals surface area contributed by atoms with Gasteiger partial charge in [-0.3, -0.25) is 4.79 Å². The summed E-state index contributed by atoms with van der Waals surface area (Å²) in [4.78, 5) is 11.2. The van der Waals surface area contributed by atoms with Gasteiger partial charge in [-0.25, -0.2) is 0 Å². The molecule has 1 heterocycles. The second kappa shape index (κ2) is 5.00. The second-order valence-electron chi connectivity index (χ2n) is 5.19. The Balaban J connectivity index is 2.15. The van der Waals surface area contributed by atoms with Crippen molar-refractivity contribution in [1.82, 2.24) is 4.57 Å². The van der Waals surface area contributed by atoms with Crippen LogP contribution in [0.3, 0.4) is 0 Å². The van der Waals surface area contributed by atoms with Crippen molar-refractivity contribution in [3.63, 3.8) is 0 Å². The van der Waals surface area contributed by atoms with E-state index in [0.717, 1.165) is 23.0 Å². The maximum absolute atomic E-state index is 11.2.